The first-order chi connectivity index (χ1) is 7.66. The van der Waals surface area contributed by atoms with E-state index in [1.807, 2.05) is 4.90 Å². The first-order valence-electron chi connectivity index (χ1n) is 4.99. The Kier molecular flexibility index (Phi) is 3.66. The van der Waals surface area contributed by atoms with Crippen LogP contribution in [0, 0.1) is 0 Å². The van der Waals surface area contributed by atoms with Gasteiger partial charge in [-0.15, -0.1) is 0 Å². The van der Waals surface area contributed by atoms with Crippen LogP contribution in [0.1, 0.15) is 6.42 Å². The topological polar surface area (TPSA) is 45.2 Å². The summed E-state index contributed by atoms with van der Waals surface area (Å²) in [4.78, 5) is 17.6. The van der Waals surface area contributed by atoms with Crippen molar-refractivity contribution in [2.24, 2.45) is 0 Å². The Morgan fingerprint density at radius 3 is 3.12 bits per heavy atom. The van der Waals surface area contributed by atoms with E-state index in [1.165, 1.54) is 0 Å². The molecule has 0 aromatic carbocycles. The molecular weight excluding hydrogens is 293 g/mol. The molecule has 86 valence electrons. The minimum absolute atomic E-state index is 0.0123. The third-order valence-corrected chi connectivity index (χ3v) is 3.06. The van der Waals surface area contributed by atoms with Crippen LogP contribution >= 0.6 is 27.5 Å². The Labute approximate surface area is 107 Å². The van der Waals surface area contributed by atoms with Gasteiger partial charge in [0, 0.05) is 23.8 Å². The second kappa shape index (κ2) is 5.01. The molecule has 2 rings (SSSR count). The molecule has 0 spiro atoms. The largest absolute Gasteiger partial charge is 0.354 e. The Balaban J connectivity index is 2.24. The number of hydrogen-bond donors (Lipinski definition) is 1. The molecular formula is C10H11BrClN3O. The molecule has 1 aromatic rings. The van der Waals surface area contributed by atoms with E-state index in [2.05, 4.69) is 26.2 Å². The summed E-state index contributed by atoms with van der Waals surface area (Å²) < 4.78 is 0.834. The van der Waals surface area contributed by atoms with Crippen molar-refractivity contribution in [2.45, 2.75) is 6.42 Å². The second-order valence-corrected chi connectivity index (χ2v) is 4.91. The van der Waals surface area contributed by atoms with Gasteiger partial charge in [0.2, 0.25) is 5.91 Å². The molecule has 0 aliphatic carbocycles. The van der Waals surface area contributed by atoms with Crippen LogP contribution in [0.15, 0.2) is 16.7 Å². The lowest BCUT2D eigenvalue weighted by atomic mass is 10.3. The van der Waals surface area contributed by atoms with Gasteiger partial charge in [-0.1, -0.05) is 11.6 Å². The fourth-order valence-corrected chi connectivity index (χ4v) is 2.38. The van der Waals surface area contributed by atoms with Gasteiger partial charge in [0.15, 0.2) is 0 Å². The number of nitrogens with one attached hydrogen (secondary N) is 1. The Morgan fingerprint density at radius 1 is 1.56 bits per heavy atom. The molecule has 0 radical (unpaired) electrons. The van der Waals surface area contributed by atoms with Crippen molar-refractivity contribution in [2.75, 3.05) is 24.5 Å². The van der Waals surface area contributed by atoms with E-state index < -0.39 is 0 Å². The van der Waals surface area contributed by atoms with Crippen molar-refractivity contribution in [3.8, 4) is 0 Å². The van der Waals surface area contributed by atoms with Crippen molar-refractivity contribution in [3.05, 3.63) is 21.8 Å². The quantitative estimate of drug-likeness (QED) is 0.861. The normalized spacial score (nSPS) is 16.9. The molecule has 1 aliphatic rings. The first kappa shape index (κ1) is 11.7. The molecule has 2 heterocycles. The SMILES string of the molecule is O=C1CN(c2ncc(Br)cc2Cl)CCCN1. The average Bonchev–Trinajstić information content (AvgIpc) is 2.43. The first-order valence-corrected chi connectivity index (χ1v) is 6.16. The summed E-state index contributed by atoms with van der Waals surface area (Å²) in [5, 5.41) is 3.37. The van der Waals surface area contributed by atoms with Gasteiger partial charge in [0.25, 0.3) is 0 Å². The highest BCUT2D eigenvalue weighted by molar-refractivity contribution is 9.10. The highest BCUT2D eigenvalue weighted by Crippen LogP contribution is 2.26. The Bertz CT molecular complexity index is 413. The molecule has 6 heteroatoms. The molecule has 1 N–H and O–H groups in total. The summed E-state index contributed by atoms with van der Waals surface area (Å²) in [6.07, 6.45) is 2.59. The molecule has 1 saturated heterocycles. The summed E-state index contributed by atoms with van der Waals surface area (Å²) in [6, 6.07) is 1.78. The van der Waals surface area contributed by atoms with Gasteiger partial charge in [-0.05, 0) is 28.4 Å². The second-order valence-electron chi connectivity index (χ2n) is 3.58. The summed E-state index contributed by atoms with van der Waals surface area (Å²) in [5.74, 6) is 0.681. The summed E-state index contributed by atoms with van der Waals surface area (Å²) in [5.41, 5.74) is 0. The van der Waals surface area contributed by atoms with Crippen LogP contribution in [-0.4, -0.2) is 30.5 Å². The van der Waals surface area contributed by atoms with Crippen LogP contribution in [0.4, 0.5) is 5.82 Å². The zero-order chi connectivity index (χ0) is 11.5. The van der Waals surface area contributed by atoms with Crippen molar-refractivity contribution < 1.29 is 4.79 Å². The van der Waals surface area contributed by atoms with E-state index in [-0.39, 0.29) is 5.91 Å². The number of carbonyl (C=O) groups excluding carboxylic acids is 1. The van der Waals surface area contributed by atoms with Gasteiger partial charge in [0.05, 0.1) is 11.6 Å². The number of carbonyl (C=O) groups is 1. The van der Waals surface area contributed by atoms with E-state index in [9.17, 15) is 4.79 Å². The number of aromatic nitrogens is 1. The molecule has 0 unspecified atom stereocenters. The van der Waals surface area contributed by atoms with Crippen LogP contribution in [0.5, 0.6) is 0 Å². The van der Waals surface area contributed by atoms with E-state index >= 15 is 0 Å². The molecule has 1 aromatic heterocycles. The Morgan fingerprint density at radius 2 is 2.38 bits per heavy atom. The minimum atomic E-state index is 0.0123. The van der Waals surface area contributed by atoms with Crippen molar-refractivity contribution >= 4 is 39.3 Å². The predicted molar refractivity (Wildman–Crippen MR) is 66.8 cm³/mol. The highest BCUT2D eigenvalue weighted by Gasteiger charge is 2.18. The number of hydrogen-bond acceptors (Lipinski definition) is 3. The fourth-order valence-electron chi connectivity index (χ4n) is 1.63. The maximum Gasteiger partial charge on any atom is 0.239 e. The molecule has 1 aliphatic heterocycles. The number of amides is 1. The van der Waals surface area contributed by atoms with E-state index in [1.54, 1.807) is 12.3 Å². The lowest BCUT2D eigenvalue weighted by molar-refractivity contribution is -0.119. The van der Waals surface area contributed by atoms with Gasteiger partial charge in [-0.3, -0.25) is 4.79 Å². The van der Waals surface area contributed by atoms with E-state index in [4.69, 9.17) is 11.6 Å². The lowest BCUT2D eigenvalue weighted by Gasteiger charge is -2.21. The highest BCUT2D eigenvalue weighted by atomic mass is 79.9. The minimum Gasteiger partial charge on any atom is -0.354 e. The van der Waals surface area contributed by atoms with Gasteiger partial charge >= 0.3 is 0 Å². The summed E-state index contributed by atoms with van der Waals surface area (Å²) in [6.45, 7) is 1.81. The lowest BCUT2D eigenvalue weighted by Crippen LogP contribution is -2.33. The van der Waals surface area contributed by atoms with Crippen molar-refractivity contribution in [3.63, 3.8) is 0 Å². The van der Waals surface area contributed by atoms with Gasteiger partial charge in [0.1, 0.15) is 5.82 Å². The molecule has 16 heavy (non-hydrogen) atoms. The van der Waals surface area contributed by atoms with Crippen molar-refractivity contribution in [1.82, 2.24) is 10.3 Å². The van der Waals surface area contributed by atoms with Crippen LogP contribution in [0.3, 0.4) is 0 Å². The van der Waals surface area contributed by atoms with Crippen LogP contribution in [-0.2, 0) is 4.79 Å². The monoisotopic (exact) mass is 303 g/mol. The molecule has 0 bridgehead atoms. The van der Waals surface area contributed by atoms with Crippen molar-refractivity contribution in [1.29, 1.82) is 0 Å². The Hall–Kier alpha value is -0.810. The van der Waals surface area contributed by atoms with Crippen LogP contribution < -0.4 is 10.2 Å². The molecule has 1 amide bonds. The van der Waals surface area contributed by atoms with Gasteiger partial charge < -0.3 is 10.2 Å². The standard InChI is InChI=1S/C10H11BrClN3O/c11-7-4-8(12)10(14-5-7)15-3-1-2-13-9(16)6-15/h4-5H,1-3,6H2,(H,13,16). The molecule has 1 fully saturated rings. The zero-order valence-electron chi connectivity index (χ0n) is 8.54. The summed E-state index contributed by atoms with van der Waals surface area (Å²) in [7, 11) is 0. The average molecular weight is 305 g/mol. The maximum atomic E-state index is 11.4. The molecule has 0 atom stereocenters. The fraction of sp³-hybridized carbons (Fsp3) is 0.400. The number of nitrogens with zero attached hydrogens (tertiary/aromatic N) is 2. The molecule has 4 nitrogen and oxygen atoms in total. The number of anilines is 1. The zero-order valence-corrected chi connectivity index (χ0v) is 10.9. The third-order valence-electron chi connectivity index (χ3n) is 2.35. The predicted octanol–water partition coefficient (Wildman–Crippen LogP) is 1.82. The van der Waals surface area contributed by atoms with Crippen LogP contribution in [0.2, 0.25) is 5.02 Å². The number of pyridine rings is 1. The maximum absolute atomic E-state index is 11.4. The van der Waals surface area contributed by atoms with Gasteiger partial charge in [-0.2, -0.15) is 0 Å². The number of rotatable bonds is 1. The summed E-state index contributed by atoms with van der Waals surface area (Å²) >= 11 is 9.40. The molecule has 0 saturated carbocycles. The van der Waals surface area contributed by atoms with E-state index in [0.29, 0.717) is 23.9 Å². The van der Waals surface area contributed by atoms with Gasteiger partial charge in [-0.25, -0.2) is 4.98 Å². The van der Waals surface area contributed by atoms with E-state index in [0.717, 1.165) is 17.4 Å². The number of halogens is 2. The smallest absolute Gasteiger partial charge is 0.239 e. The van der Waals surface area contributed by atoms with Crippen LogP contribution in [0.25, 0.3) is 0 Å². The third kappa shape index (κ3) is 2.65.